The molecule has 0 saturated heterocycles. The minimum atomic E-state index is -0.811. The van der Waals surface area contributed by atoms with E-state index in [9.17, 15) is 14.3 Å². The van der Waals surface area contributed by atoms with Gasteiger partial charge in [0.15, 0.2) is 5.69 Å². The summed E-state index contributed by atoms with van der Waals surface area (Å²) in [6.07, 6.45) is 2.76. The predicted molar refractivity (Wildman–Crippen MR) is 123 cm³/mol. The molecule has 0 radical (unpaired) electrons. The number of benzene rings is 2. The van der Waals surface area contributed by atoms with Crippen molar-refractivity contribution in [2.24, 2.45) is 0 Å². The van der Waals surface area contributed by atoms with Crippen LogP contribution in [-0.2, 0) is 18.3 Å². The van der Waals surface area contributed by atoms with E-state index in [1.165, 1.54) is 17.7 Å². The second kappa shape index (κ2) is 8.87. The van der Waals surface area contributed by atoms with Crippen molar-refractivity contribution in [1.29, 1.82) is 0 Å². The zero-order valence-electron chi connectivity index (χ0n) is 18.9. The molecule has 6 heteroatoms. The van der Waals surface area contributed by atoms with E-state index in [2.05, 4.69) is 31.2 Å². The van der Waals surface area contributed by atoms with Gasteiger partial charge in [0.2, 0.25) is 0 Å². The highest BCUT2D eigenvalue weighted by Crippen LogP contribution is 2.28. The maximum Gasteiger partial charge on any atom is 0.272 e. The molecule has 1 aliphatic rings. The lowest BCUT2D eigenvalue weighted by Crippen LogP contribution is -2.29. The van der Waals surface area contributed by atoms with E-state index < -0.39 is 6.10 Å². The molecule has 0 bridgehead atoms. The molecule has 2 aromatic carbocycles. The first-order valence-electron chi connectivity index (χ1n) is 11.2. The first-order valence-corrected chi connectivity index (χ1v) is 11.2. The number of hydrogen-bond donors (Lipinski definition) is 2. The van der Waals surface area contributed by atoms with Crippen molar-refractivity contribution in [3.05, 3.63) is 82.4 Å². The van der Waals surface area contributed by atoms with E-state index in [4.69, 9.17) is 0 Å². The summed E-state index contributed by atoms with van der Waals surface area (Å²) >= 11 is 0. The number of aromatic nitrogens is 2. The Balaban J connectivity index is 1.51. The van der Waals surface area contributed by atoms with E-state index in [1.807, 2.05) is 24.3 Å². The minimum absolute atomic E-state index is 0.0390. The number of nitrogens with one attached hydrogen (secondary N) is 1. The lowest BCUT2D eigenvalue weighted by atomic mass is 9.86. The molecular weight excluding hydrogens is 405 g/mol. The summed E-state index contributed by atoms with van der Waals surface area (Å²) < 4.78 is 15.5. The Hall–Kier alpha value is -2.99. The van der Waals surface area contributed by atoms with Crippen LogP contribution in [0.3, 0.4) is 0 Å². The molecule has 2 N–H and O–H groups in total. The number of rotatable bonds is 5. The molecular formula is C26H30FN3O2. The molecule has 1 aliphatic carbocycles. The number of hydrogen-bond acceptors (Lipinski definition) is 3. The number of amides is 1. The van der Waals surface area contributed by atoms with Crippen LogP contribution >= 0.6 is 0 Å². The molecule has 4 rings (SSSR count). The normalized spacial score (nSPS) is 14.7. The van der Waals surface area contributed by atoms with Crippen LogP contribution in [0, 0.1) is 5.82 Å². The zero-order chi connectivity index (χ0) is 22.9. The van der Waals surface area contributed by atoms with Gasteiger partial charge in [0.05, 0.1) is 11.8 Å². The Morgan fingerprint density at radius 2 is 1.88 bits per heavy atom. The van der Waals surface area contributed by atoms with Gasteiger partial charge in [0.25, 0.3) is 5.91 Å². The van der Waals surface area contributed by atoms with Crippen LogP contribution in [-0.4, -0.2) is 27.3 Å². The summed E-state index contributed by atoms with van der Waals surface area (Å²) in [4.78, 5) is 13.0. The van der Waals surface area contributed by atoms with E-state index in [1.54, 1.807) is 16.8 Å². The smallest absolute Gasteiger partial charge is 0.272 e. The number of carbonyl (C=O) groups excluding carboxylic acids is 1. The third kappa shape index (κ3) is 4.60. The Morgan fingerprint density at radius 3 is 2.56 bits per heavy atom. The van der Waals surface area contributed by atoms with Crippen molar-refractivity contribution in [2.45, 2.75) is 58.0 Å². The summed E-state index contributed by atoms with van der Waals surface area (Å²) in [5, 5.41) is 18.0. The van der Waals surface area contributed by atoms with Crippen LogP contribution in [0.1, 0.15) is 72.6 Å². The third-order valence-electron chi connectivity index (χ3n) is 6.07. The summed E-state index contributed by atoms with van der Waals surface area (Å²) in [6, 6.07) is 14.1. The van der Waals surface area contributed by atoms with Crippen molar-refractivity contribution in [2.75, 3.05) is 6.54 Å². The first kappa shape index (κ1) is 22.2. The molecule has 1 heterocycles. The summed E-state index contributed by atoms with van der Waals surface area (Å²) in [7, 11) is 0. The third-order valence-corrected chi connectivity index (χ3v) is 6.07. The average molecular weight is 436 g/mol. The number of aliphatic hydroxyl groups excluding tert-OH is 1. The predicted octanol–water partition coefficient (Wildman–Crippen LogP) is 4.65. The van der Waals surface area contributed by atoms with Gasteiger partial charge in [0.1, 0.15) is 5.82 Å². The van der Waals surface area contributed by atoms with E-state index in [0.29, 0.717) is 11.4 Å². The highest BCUT2D eigenvalue weighted by molar-refractivity contribution is 5.94. The molecule has 0 saturated carbocycles. The van der Waals surface area contributed by atoms with Gasteiger partial charge in [-0.2, -0.15) is 5.10 Å². The van der Waals surface area contributed by atoms with Gasteiger partial charge in [-0.05, 0) is 60.4 Å². The lowest BCUT2D eigenvalue weighted by molar-refractivity contribution is 0.0910. The van der Waals surface area contributed by atoms with Gasteiger partial charge in [-0.15, -0.1) is 0 Å². The van der Waals surface area contributed by atoms with E-state index >= 15 is 0 Å². The average Bonchev–Trinajstić information content (AvgIpc) is 3.17. The van der Waals surface area contributed by atoms with Crippen LogP contribution in [0.2, 0.25) is 0 Å². The van der Waals surface area contributed by atoms with Crippen molar-refractivity contribution < 1.29 is 14.3 Å². The Kier molecular flexibility index (Phi) is 6.15. The maximum atomic E-state index is 13.8. The fourth-order valence-corrected chi connectivity index (χ4v) is 4.20. The largest absolute Gasteiger partial charge is 0.387 e. The van der Waals surface area contributed by atoms with Gasteiger partial charge in [-0.3, -0.25) is 4.79 Å². The molecule has 1 atom stereocenters. The maximum absolute atomic E-state index is 13.8. The van der Waals surface area contributed by atoms with Crippen LogP contribution < -0.4 is 5.32 Å². The van der Waals surface area contributed by atoms with Crippen molar-refractivity contribution in [3.8, 4) is 5.69 Å². The van der Waals surface area contributed by atoms with Crippen LogP contribution in [0.15, 0.2) is 48.5 Å². The summed E-state index contributed by atoms with van der Waals surface area (Å²) in [6.45, 7) is 6.52. The van der Waals surface area contributed by atoms with Gasteiger partial charge in [-0.25, -0.2) is 9.07 Å². The van der Waals surface area contributed by atoms with Crippen molar-refractivity contribution in [3.63, 3.8) is 0 Å². The molecule has 3 aromatic rings. The van der Waals surface area contributed by atoms with Gasteiger partial charge in [0, 0.05) is 17.8 Å². The van der Waals surface area contributed by atoms with Crippen molar-refractivity contribution >= 4 is 5.91 Å². The van der Waals surface area contributed by atoms with Crippen molar-refractivity contribution in [1.82, 2.24) is 15.1 Å². The number of nitrogens with zero attached hydrogens (tertiary/aromatic N) is 2. The van der Waals surface area contributed by atoms with Crippen LogP contribution in [0.25, 0.3) is 5.69 Å². The summed E-state index contributed by atoms with van der Waals surface area (Å²) in [5.74, 6) is -0.655. The zero-order valence-corrected chi connectivity index (χ0v) is 18.9. The number of fused-ring (bicyclic) bond motifs is 1. The van der Waals surface area contributed by atoms with E-state index in [-0.39, 0.29) is 23.7 Å². The topological polar surface area (TPSA) is 67.2 Å². The standard InChI is InChI=1S/C26H30FN3O2/c1-26(2,3)18-13-11-17(12-14-18)23(31)16-28-25(32)24-21-9-4-5-10-22(21)30(29-24)20-8-6-7-19(27)15-20/h6-8,11-15,23,31H,4-5,9-10,16H2,1-3H3,(H,28,32). The molecule has 168 valence electrons. The molecule has 0 aliphatic heterocycles. The lowest BCUT2D eigenvalue weighted by Gasteiger charge is -2.20. The highest BCUT2D eigenvalue weighted by atomic mass is 19.1. The second-order valence-electron chi connectivity index (χ2n) is 9.47. The molecule has 1 aromatic heterocycles. The molecule has 5 nitrogen and oxygen atoms in total. The van der Waals surface area contributed by atoms with Crippen LogP contribution in [0.5, 0.6) is 0 Å². The number of carbonyl (C=O) groups is 1. The van der Waals surface area contributed by atoms with Gasteiger partial charge < -0.3 is 10.4 Å². The molecule has 0 fully saturated rings. The Bertz CT molecular complexity index is 1110. The second-order valence-corrected chi connectivity index (χ2v) is 9.47. The number of halogens is 1. The quantitative estimate of drug-likeness (QED) is 0.613. The molecule has 0 spiro atoms. The van der Waals surface area contributed by atoms with Gasteiger partial charge >= 0.3 is 0 Å². The fourth-order valence-electron chi connectivity index (χ4n) is 4.20. The monoisotopic (exact) mass is 435 g/mol. The first-order chi connectivity index (χ1) is 15.2. The molecule has 1 unspecified atom stereocenters. The Labute approximate surface area is 188 Å². The minimum Gasteiger partial charge on any atom is -0.387 e. The number of aliphatic hydroxyl groups is 1. The summed E-state index contributed by atoms with van der Waals surface area (Å²) in [5.41, 5.74) is 4.84. The van der Waals surface area contributed by atoms with Gasteiger partial charge in [-0.1, -0.05) is 51.1 Å². The SMILES string of the molecule is CC(C)(C)c1ccc(C(O)CNC(=O)c2nn(-c3cccc(F)c3)c3c2CCCC3)cc1. The Morgan fingerprint density at radius 1 is 1.16 bits per heavy atom. The molecule has 1 amide bonds. The van der Waals surface area contributed by atoms with E-state index in [0.717, 1.165) is 42.5 Å². The molecule has 32 heavy (non-hydrogen) atoms. The highest BCUT2D eigenvalue weighted by Gasteiger charge is 2.26. The fraction of sp³-hybridized carbons (Fsp3) is 0.385. The van der Waals surface area contributed by atoms with Crippen LogP contribution in [0.4, 0.5) is 4.39 Å².